The van der Waals surface area contributed by atoms with E-state index in [2.05, 4.69) is 12.2 Å². The van der Waals surface area contributed by atoms with Crippen molar-refractivity contribution < 1.29 is 31.3 Å². The number of ether oxygens (including phenoxy) is 1. The fourth-order valence-electron chi connectivity index (χ4n) is 0.551. The van der Waals surface area contributed by atoms with E-state index >= 15 is 0 Å². The van der Waals surface area contributed by atoms with Crippen LogP contribution in [-0.4, -0.2) is 46.6 Å². The number of nitrogens with one attached hydrogen (secondary N) is 1. The van der Waals surface area contributed by atoms with Crippen molar-refractivity contribution in [3.63, 3.8) is 0 Å². The van der Waals surface area contributed by atoms with Gasteiger partial charge in [-0.15, -0.1) is 0 Å². The van der Waals surface area contributed by atoms with Crippen LogP contribution >= 0.6 is 0 Å². The van der Waals surface area contributed by atoms with Crippen LogP contribution in [0.3, 0.4) is 0 Å². The molecule has 0 aliphatic rings. The molecule has 1 amide bonds. The standard InChI is InChI=1S/C9H16NO3.BrH.Mg/c1-6(7(2)11)10-8(12)13-9(3,4)5;;/h6H,1H2,2-5H3,(H,10,12);1H;/q-1;;+2/p-1/t6-;;/m0../s1. The second kappa shape index (κ2) is 8.35. The first-order chi connectivity index (χ1) is 5.72. The summed E-state index contributed by atoms with van der Waals surface area (Å²) in [5, 5.41) is 2.31. The summed E-state index contributed by atoms with van der Waals surface area (Å²) in [7, 11) is 0. The van der Waals surface area contributed by atoms with Gasteiger partial charge in [0, 0.05) is 0 Å². The molecule has 15 heavy (non-hydrogen) atoms. The van der Waals surface area contributed by atoms with Gasteiger partial charge in [-0.25, -0.2) is 4.79 Å². The normalized spacial score (nSPS) is 11.5. The van der Waals surface area contributed by atoms with Gasteiger partial charge in [0.05, 0.1) is 0 Å². The van der Waals surface area contributed by atoms with E-state index in [1.807, 2.05) is 0 Å². The number of alkyl carbamates (subject to hydrolysis) is 1. The summed E-state index contributed by atoms with van der Waals surface area (Å²) in [4.78, 5) is 21.8. The summed E-state index contributed by atoms with van der Waals surface area (Å²) >= 11 is 0. The number of carbonyl (C=O) groups is 2. The molecule has 0 aromatic rings. The molecule has 0 aromatic carbocycles. The number of hydrogen-bond acceptors (Lipinski definition) is 3. The van der Waals surface area contributed by atoms with Crippen LogP contribution in [0.5, 0.6) is 0 Å². The number of hydrogen-bond donors (Lipinski definition) is 1. The smallest absolute Gasteiger partial charge is 1.00 e. The number of halogens is 1. The molecule has 4 nitrogen and oxygen atoms in total. The SMILES string of the molecule is [Br-].[CH2-][C@H](NC(=O)OC(C)(C)C)C(C)=O.[Mg+2]. The topological polar surface area (TPSA) is 55.4 Å². The molecule has 6 heteroatoms. The van der Waals surface area contributed by atoms with Gasteiger partial charge in [-0.2, -0.15) is 0 Å². The minimum Gasteiger partial charge on any atom is -1.00 e. The number of rotatable bonds is 2. The number of ketones is 1. The van der Waals surface area contributed by atoms with Crippen molar-refractivity contribution in [3.8, 4) is 0 Å². The largest absolute Gasteiger partial charge is 2.00 e. The van der Waals surface area contributed by atoms with Crippen molar-refractivity contribution in [2.24, 2.45) is 0 Å². The van der Waals surface area contributed by atoms with Crippen LogP contribution < -0.4 is 22.3 Å². The van der Waals surface area contributed by atoms with Crippen molar-refractivity contribution in [1.29, 1.82) is 0 Å². The van der Waals surface area contributed by atoms with E-state index in [0.717, 1.165) is 0 Å². The maximum absolute atomic E-state index is 11.0. The average molecular weight is 290 g/mol. The van der Waals surface area contributed by atoms with Crippen LogP contribution in [0.2, 0.25) is 0 Å². The number of carbonyl (C=O) groups excluding carboxylic acids is 2. The number of amides is 1. The van der Waals surface area contributed by atoms with Crippen LogP contribution in [0.15, 0.2) is 0 Å². The summed E-state index contributed by atoms with van der Waals surface area (Å²) < 4.78 is 4.92. The van der Waals surface area contributed by atoms with Gasteiger partial charge in [-0.05, 0) is 33.7 Å². The van der Waals surface area contributed by atoms with E-state index < -0.39 is 17.7 Å². The van der Waals surface area contributed by atoms with Crippen LogP contribution in [0, 0.1) is 6.92 Å². The predicted octanol–water partition coefficient (Wildman–Crippen LogP) is -2.07. The molecular weight excluding hydrogens is 274 g/mol. The zero-order valence-electron chi connectivity index (χ0n) is 9.59. The molecule has 0 aromatic heterocycles. The molecule has 84 valence electrons. The van der Waals surface area contributed by atoms with Crippen LogP contribution in [0.1, 0.15) is 27.7 Å². The zero-order valence-corrected chi connectivity index (χ0v) is 12.6. The van der Waals surface area contributed by atoms with E-state index in [4.69, 9.17) is 4.74 Å². The Balaban J connectivity index is -0.000000720. The minimum atomic E-state index is -0.741. The molecule has 0 heterocycles. The van der Waals surface area contributed by atoms with Gasteiger partial charge in [0.2, 0.25) is 0 Å². The maximum atomic E-state index is 11.0. The monoisotopic (exact) mass is 289 g/mol. The summed E-state index contributed by atoms with van der Waals surface area (Å²) in [6.07, 6.45) is -0.623. The summed E-state index contributed by atoms with van der Waals surface area (Å²) in [5.41, 5.74) is -0.555. The summed E-state index contributed by atoms with van der Waals surface area (Å²) in [6, 6.07) is -0.741. The molecule has 0 radical (unpaired) electrons. The molecule has 0 bridgehead atoms. The Morgan fingerprint density at radius 2 is 1.73 bits per heavy atom. The van der Waals surface area contributed by atoms with Gasteiger partial charge in [0.25, 0.3) is 0 Å². The fourth-order valence-corrected chi connectivity index (χ4v) is 0.551. The van der Waals surface area contributed by atoms with Crippen molar-refractivity contribution >= 4 is 34.9 Å². The first kappa shape index (κ1) is 20.6. The van der Waals surface area contributed by atoms with Gasteiger partial charge in [0.15, 0.2) is 0 Å². The van der Waals surface area contributed by atoms with Crippen LogP contribution in [-0.2, 0) is 9.53 Å². The summed E-state index contributed by atoms with van der Waals surface area (Å²) in [5.74, 6) is -0.203. The van der Waals surface area contributed by atoms with E-state index in [-0.39, 0.29) is 45.8 Å². The third kappa shape index (κ3) is 12.1. The van der Waals surface area contributed by atoms with Gasteiger partial charge < -0.3 is 38.8 Å². The molecule has 0 spiro atoms. The predicted molar refractivity (Wildman–Crippen MR) is 54.9 cm³/mol. The zero-order chi connectivity index (χ0) is 10.6. The Labute approximate surface area is 117 Å². The summed E-state index contributed by atoms with van der Waals surface area (Å²) in [6.45, 7) is 10.0. The molecule has 0 saturated carbocycles. The molecule has 0 fully saturated rings. The van der Waals surface area contributed by atoms with E-state index in [0.29, 0.717) is 0 Å². The average Bonchev–Trinajstić information content (AvgIpc) is 1.81. The third-order valence-electron chi connectivity index (χ3n) is 1.18. The Hall–Kier alpha value is 0.186. The number of Topliss-reactive ketones (excluding diaryl/α,β-unsaturated/α-hetero) is 1. The molecule has 0 unspecified atom stereocenters. The van der Waals surface area contributed by atoms with Crippen LogP contribution in [0.25, 0.3) is 0 Å². The Kier molecular flexibility index (Phi) is 11.5. The van der Waals surface area contributed by atoms with E-state index in [9.17, 15) is 9.59 Å². The molecule has 1 N–H and O–H groups in total. The maximum Gasteiger partial charge on any atom is 2.00 e. The quantitative estimate of drug-likeness (QED) is 0.469. The van der Waals surface area contributed by atoms with Gasteiger partial charge in [0.1, 0.15) is 11.4 Å². The first-order valence-electron chi connectivity index (χ1n) is 4.05. The minimum absolute atomic E-state index is 0. The molecule has 0 saturated heterocycles. The van der Waals surface area contributed by atoms with Gasteiger partial charge >= 0.3 is 29.1 Å². The molecule has 0 rings (SSSR count). The van der Waals surface area contributed by atoms with Gasteiger partial charge in [-0.3, -0.25) is 0 Å². The van der Waals surface area contributed by atoms with Crippen molar-refractivity contribution in [2.75, 3.05) is 0 Å². The first-order valence-corrected chi connectivity index (χ1v) is 4.05. The van der Waals surface area contributed by atoms with Crippen LogP contribution in [0.4, 0.5) is 4.79 Å². The third-order valence-corrected chi connectivity index (χ3v) is 1.18. The Morgan fingerprint density at radius 3 is 2.00 bits per heavy atom. The van der Waals surface area contributed by atoms with Crippen molar-refractivity contribution in [2.45, 2.75) is 39.3 Å². The Bertz CT molecular complexity index is 216. The van der Waals surface area contributed by atoms with E-state index in [1.54, 1.807) is 20.8 Å². The second-order valence-corrected chi connectivity index (χ2v) is 3.81. The second-order valence-electron chi connectivity index (χ2n) is 3.81. The molecule has 0 aliphatic heterocycles. The van der Waals surface area contributed by atoms with Crippen molar-refractivity contribution in [1.82, 2.24) is 5.32 Å². The molecule has 1 atom stereocenters. The van der Waals surface area contributed by atoms with Gasteiger partial charge in [-0.1, -0.05) is 0 Å². The van der Waals surface area contributed by atoms with E-state index in [1.165, 1.54) is 6.92 Å². The Morgan fingerprint density at radius 1 is 1.33 bits per heavy atom. The van der Waals surface area contributed by atoms with Crippen molar-refractivity contribution in [3.05, 3.63) is 6.92 Å². The molecule has 0 aliphatic carbocycles. The fraction of sp³-hybridized carbons (Fsp3) is 0.667. The molecular formula is C9H16BrMgNO3.